The Hall–Kier alpha value is -2.18. The summed E-state index contributed by atoms with van der Waals surface area (Å²) in [7, 11) is 1.58. The van der Waals surface area contributed by atoms with Crippen LogP contribution in [0.15, 0.2) is 40.8 Å². The van der Waals surface area contributed by atoms with Gasteiger partial charge in [0.25, 0.3) is 5.91 Å². The molecular weight excluding hydrogens is 323 g/mol. The van der Waals surface area contributed by atoms with E-state index in [1.54, 1.807) is 31.4 Å². The first-order valence-corrected chi connectivity index (χ1v) is 8.50. The second-order valence-electron chi connectivity index (χ2n) is 6.34. The number of carbonyl (C=O) groups is 1. The molecule has 1 amide bonds. The van der Waals surface area contributed by atoms with Gasteiger partial charge in [0.05, 0.1) is 0 Å². The Balaban J connectivity index is 1.55. The smallest absolute Gasteiger partial charge is 0.287 e. The molecule has 0 bridgehead atoms. The van der Waals surface area contributed by atoms with Gasteiger partial charge in [0.15, 0.2) is 5.76 Å². The van der Waals surface area contributed by atoms with Gasteiger partial charge in [0.1, 0.15) is 18.2 Å². The third-order valence-corrected chi connectivity index (χ3v) is 4.36. The number of hydrogen-bond donors (Lipinski definition) is 1. The van der Waals surface area contributed by atoms with Crippen LogP contribution in [0.25, 0.3) is 0 Å². The molecule has 5 nitrogen and oxygen atoms in total. The molecule has 6 heteroatoms. The molecule has 1 atom stereocenters. The van der Waals surface area contributed by atoms with Crippen LogP contribution in [0.4, 0.5) is 4.39 Å². The first-order valence-electron chi connectivity index (χ1n) is 8.50. The Bertz CT molecular complexity index is 716. The molecule has 2 aromatic rings. The number of nitrogens with one attached hydrogen (secondary N) is 1. The van der Waals surface area contributed by atoms with Crippen molar-refractivity contribution < 1.29 is 18.3 Å². The summed E-state index contributed by atoms with van der Waals surface area (Å²) in [5.74, 6) is 0.505. The number of ether oxygens (including phenoxy) is 1. The minimum Gasteiger partial charge on any atom is -0.453 e. The molecule has 1 aliphatic heterocycles. The molecule has 0 aliphatic carbocycles. The number of likely N-dealkylation sites (tertiary alicyclic amines) is 1. The number of amides is 1. The van der Waals surface area contributed by atoms with Gasteiger partial charge >= 0.3 is 0 Å². The van der Waals surface area contributed by atoms with Crippen LogP contribution in [0, 0.1) is 5.82 Å². The van der Waals surface area contributed by atoms with Gasteiger partial charge in [-0.3, -0.25) is 9.69 Å². The number of furan rings is 1. The number of carbonyl (C=O) groups excluding carboxylic acids is 1. The summed E-state index contributed by atoms with van der Waals surface area (Å²) in [5, 5.41) is 3.01. The monoisotopic (exact) mass is 346 g/mol. The molecule has 0 saturated carbocycles. The van der Waals surface area contributed by atoms with Crippen LogP contribution in [0.1, 0.15) is 34.7 Å². The summed E-state index contributed by atoms with van der Waals surface area (Å²) < 4.78 is 24.3. The molecular formula is C19H23FN2O3. The molecule has 1 fully saturated rings. The number of piperidine rings is 1. The third kappa shape index (κ3) is 4.67. The van der Waals surface area contributed by atoms with E-state index < -0.39 is 0 Å². The van der Waals surface area contributed by atoms with Crippen molar-refractivity contribution in [1.29, 1.82) is 0 Å². The van der Waals surface area contributed by atoms with Crippen LogP contribution in [0.2, 0.25) is 0 Å². The molecule has 134 valence electrons. The SMILES string of the molecule is COCc1ccc(C(=O)N[C@@H]2CCCN(Cc3ccccc3F)C2)o1. The van der Waals surface area contributed by atoms with Crippen LogP contribution in [0.3, 0.4) is 0 Å². The zero-order chi connectivity index (χ0) is 17.6. The predicted molar refractivity (Wildman–Crippen MR) is 91.6 cm³/mol. The summed E-state index contributed by atoms with van der Waals surface area (Å²) >= 11 is 0. The van der Waals surface area contributed by atoms with Crippen molar-refractivity contribution in [2.75, 3.05) is 20.2 Å². The van der Waals surface area contributed by atoms with E-state index in [2.05, 4.69) is 10.2 Å². The molecule has 1 N–H and O–H groups in total. The normalized spacial score (nSPS) is 18.2. The van der Waals surface area contributed by atoms with Crippen molar-refractivity contribution in [2.24, 2.45) is 0 Å². The van der Waals surface area contributed by atoms with Crippen LogP contribution in [0.5, 0.6) is 0 Å². The molecule has 25 heavy (non-hydrogen) atoms. The van der Waals surface area contributed by atoms with E-state index in [-0.39, 0.29) is 17.8 Å². The Morgan fingerprint density at radius 1 is 1.36 bits per heavy atom. The number of benzene rings is 1. The van der Waals surface area contributed by atoms with Gasteiger partial charge in [-0.25, -0.2) is 4.39 Å². The molecule has 0 radical (unpaired) electrons. The van der Waals surface area contributed by atoms with Gasteiger partial charge in [0.2, 0.25) is 0 Å². The Kier molecular flexibility index (Phi) is 5.83. The van der Waals surface area contributed by atoms with Gasteiger partial charge in [-0.05, 0) is 37.6 Å². The first kappa shape index (κ1) is 17.6. The van der Waals surface area contributed by atoms with E-state index in [1.807, 2.05) is 6.07 Å². The molecule has 0 unspecified atom stereocenters. The van der Waals surface area contributed by atoms with Crippen molar-refractivity contribution in [3.05, 3.63) is 59.3 Å². The van der Waals surface area contributed by atoms with Crippen molar-refractivity contribution in [3.63, 3.8) is 0 Å². The average Bonchev–Trinajstić information content (AvgIpc) is 3.07. The highest BCUT2D eigenvalue weighted by atomic mass is 19.1. The number of hydrogen-bond acceptors (Lipinski definition) is 4. The Morgan fingerprint density at radius 3 is 3.00 bits per heavy atom. The van der Waals surface area contributed by atoms with Gasteiger partial charge in [-0.1, -0.05) is 18.2 Å². The second-order valence-corrected chi connectivity index (χ2v) is 6.34. The van der Waals surface area contributed by atoms with Crippen molar-refractivity contribution in [1.82, 2.24) is 10.2 Å². The minimum absolute atomic E-state index is 0.0315. The van der Waals surface area contributed by atoms with Crippen LogP contribution in [-0.2, 0) is 17.9 Å². The molecule has 1 saturated heterocycles. The fraction of sp³-hybridized carbons (Fsp3) is 0.421. The maximum Gasteiger partial charge on any atom is 0.287 e. The first-order chi connectivity index (χ1) is 12.2. The van der Waals surface area contributed by atoms with Gasteiger partial charge in [-0.2, -0.15) is 0 Å². The van der Waals surface area contributed by atoms with Crippen LogP contribution < -0.4 is 5.32 Å². The summed E-state index contributed by atoms with van der Waals surface area (Å²) in [5.41, 5.74) is 0.685. The van der Waals surface area contributed by atoms with Crippen molar-refractivity contribution in [2.45, 2.75) is 32.0 Å². The largest absolute Gasteiger partial charge is 0.453 e. The highest BCUT2D eigenvalue weighted by Gasteiger charge is 2.23. The van der Waals surface area contributed by atoms with Crippen molar-refractivity contribution >= 4 is 5.91 Å². The minimum atomic E-state index is -0.222. The van der Waals surface area contributed by atoms with E-state index in [0.29, 0.717) is 36.8 Å². The lowest BCUT2D eigenvalue weighted by atomic mass is 10.0. The summed E-state index contributed by atoms with van der Waals surface area (Å²) in [4.78, 5) is 14.5. The lowest BCUT2D eigenvalue weighted by Crippen LogP contribution is -2.47. The molecule has 1 aromatic heterocycles. The third-order valence-electron chi connectivity index (χ3n) is 4.36. The molecule has 2 heterocycles. The Labute approximate surface area is 146 Å². The van der Waals surface area contributed by atoms with E-state index >= 15 is 0 Å². The van der Waals surface area contributed by atoms with Crippen LogP contribution >= 0.6 is 0 Å². The number of nitrogens with zero attached hydrogens (tertiary/aromatic N) is 1. The zero-order valence-electron chi connectivity index (χ0n) is 14.3. The fourth-order valence-electron chi connectivity index (χ4n) is 3.16. The van der Waals surface area contributed by atoms with E-state index in [9.17, 15) is 9.18 Å². The predicted octanol–water partition coefficient (Wildman–Crippen LogP) is 2.96. The van der Waals surface area contributed by atoms with E-state index in [4.69, 9.17) is 9.15 Å². The second kappa shape index (κ2) is 8.27. The lowest BCUT2D eigenvalue weighted by Gasteiger charge is -2.33. The summed E-state index contributed by atoms with van der Waals surface area (Å²) in [6.07, 6.45) is 1.87. The summed E-state index contributed by atoms with van der Waals surface area (Å²) in [6.45, 7) is 2.50. The number of rotatable bonds is 6. The van der Waals surface area contributed by atoms with E-state index in [1.165, 1.54) is 6.07 Å². The molecule has 1 aliphatic rings. The molecule has 3 rings (SSSR count). The van der Waals surface area contributed by atoms with Gasteiger partial charge < -0.3 is 14.5 Å². The molecule has 0 spiro atoms. The fourth-order valence-corrected chi connectivity index (χ4v) is 3.16. The maximum absolute atomic E-state index is 13.8. The quantitative estimate of drug-likeness (QED) is 0.874. The van der Waals surface area contributed by atoms with Crippen LogP contribution in [-0.4, -0.2) is 37.0 Å². The Morgan fingerprint density at radius 2 is 2.20 bits per heavy atom. The number of halogens is 1. The maximum atomic E-state index is 13.8. The van der Waals surface area contributed by atoms with Gasteiger partial charge in [-0.15, -0.1) is 0 Å². The van der Waals surface area contributed by atoms with Gasteiger partial charge in [0, 0.05) is 31.8 Å². The standard InChI is InChI=1S/C19H23FN2O3/c1-24-13-16-8-9-18(25-16)19(23)21-15-6-4-10-22(12-15)11-14-5-2-3-7-17(14)20/h2-3,5,7-9,15H,4,6,10-13H2,1H3,(H,21,23)/t15-/m1/s1. The lowest BCUT2D eigenvalue weighted by molar-refractivity contribution is 0.0864. The highest BCUT2D eigenvalue weighted by molar-refractivity contribution is 5.91. The molecule has 1 aromatic carbocycles. The topological polar surface area (TPSA) is 54.7 Å². The number of methoxy groups -OCH3 is 1. The van der Waals surface area contributed by atoms with Crippen molar-refractivity contribution in [3.8, 4) is 0 Å². The summed E-state index contributed by atoms with van der Waals surface area (Å²) in [6, 6.07) is 10.2. The van der Waals surface area contributed by atoms with E-state index in [0.717, 1.165) is 19.4 Å². The highest BCUT2D eigenvalue weighted by Crippen LogP contribution is 2.16. The zero-order valence-corrected chi connectivity index (χ0v) is 14.3. The average molecular weight is 346 g/mol.